The predicted octanol–water partition coefficient (Wildman–Crippen LogP) is 3.10. The quantitative estimate of drug-likeness (QED) is 0.871. The van der Waals surface area contributed by atoms with Crippen molar-refractivity contribution in [2.75, 3.05) is 4.72 Å². The Bertz CT molecular complexity index is 953. The summed E-state index contributed by atoms with van der Waals surface area (Å²) in [4.78, 5) is -0.487. The van der Waals surface area contributed by atoms with E-state index in [1.54, 1.807) is 26.0 Å². The van der Waals surface area contributed by atoms with Gasteiger partial charge in [-0.15, -0.1) is 0 Å². The molecule has 0 aromatic heterocycles. The van der Waals surface area contributed by atoms with Gasteiger partial charge in [0.1, 0.15) is 0 Å². The van der Waals surface area contributed by atoms with E-state index >= 15 is 0 Å². The fourth-order valence-corrected chi connectivity index (χ4v) is 4.13. The molecular weight excluding hydrogens is 360 g/mol. The minimum absolute atomic E-state index is 0.0733. The largest absolute Gasteiger partial charge is 0.341 e. The Morgan fingerprint density at radius 2 is 1.50 bits per heavy atom. The highest BCUT2D eigenvalue weighted by Crippen LogP contribution is 2.23. The smallest absolute Gasteiger partial charge is 0.280 e. The summed E-state index contributed by atoms with van der Waals surface area (Å²) in [5.74, 6) is -3.53. The molecule has 0 atom stereocenters. The number of aryl methyl sites for hydroxylation is 2. The zero-order valence-corrected chi connectivity index (χ0v) is 14.5. The van der Waals surface area contributed by atoms with Crippen molar-refractivity contribution in [3.05, 3.63) is 53.6 Å². The van der Waals surface area contributed by atoms with Crippen LogP contribution in [0.25, 0.3) is 0 Å². The summed E-state index contributed by atoms with van der Waals surface area (Å²) in [6, 6.07) is 9.06. The third kappa shape index (κ3) is 3.73. The van der Waals surface area contributed by atoms with Crippen LogP contribution in [0.4, 0.5) is 14.5 Å². The third-order valence-electron chi connectivity index (χ3n) is 3.30. The van der Waals surface area contributed by atoms with E-state index in [9.17, 15) is 25.6 Å². The van der Waals surface area contributed by atoms with Gasteiger partial charge in [0, 0.05) is 5.69 Å². The second-order valence-corrected chi connectivity index (χ2v) is 8.77. The molecule has 24 heavy (non-hydrogen) atoms. The van der Waals surface area contributed by atoms with Crippen LogP contribution in [0.15, 0.2) is 52.3 Å². The number of sulfone groups is 1. The lowest BCUT2D eigenvalue weighted by Crippen LogP contribution is -2.15. The van der Waals surface area contributed by atoms with Crippen LogP contribution in [0.3, 0.4) is 0 Å². The third-order valence-corrected chi connectivity index (χ3v) is 6.22. The highest BCUT2D eigenvalue weighted by atomic mass is 32.2. The number of rotatable bonds is 5. The van der Waals surface area contributed by atoms with Crippen LogP contribution < -0.4 is 4.72 Å². The number of nitrogens with one attached hydrogen (secondary N) is 1. The van der Waals surface area contributed by atoms with Gasteiger partial charge < -0.3 is 0 Å². The highest BCUT2D eigenvalue weighted by Gasteiger charge is 2.26. The number of alkyl halides is 2. The number of halogens is 2. The summed E-state index contributed by atoms with van der Waals surface area (Å²) < 4.78 is 74.8. The lowest BCUT2D eigenvalue weighted by Gasteiger charge is -2.11. The molecule has 9 heteroatoms. The summed E-state index contributed by atoms with van der Waals surface area (Å²) in [5, 5.41) is 0. The highest BCUT2D eigenvalue weighted by molar-refractivity contribution is 7.92. The van der Waals surface area contributed by atoms with Crippen LogP contribution in [0, 0.1) is 13.8 Å². The van der Waals surface area contributed by atoms with E-state index < -0.39 is 30.5 Å². The molecule has 0 aliphatic carbocycles. The van der Waals surface area contributed by atoms with Crippen molar-refractivity contribution in [2.24, 2.45) is 0 Å². The fourth-order valence-electron chi connectivity index (χ4n) is 2.02. The minimum atomic E-state index is -4.71. The molecular formula is C15H15F2NO4S2. The Hall–Kier alpha value is -2.00. The van der Waals surface area contributed by atoms with Crippen molar-refractivity contribution >= 4 is 25.5 Å². The van der Waals surface area contributed by atoms with Gasteiger partial charge in [0.2, 0.25) is 9.84 Å². The molecule has 2 rings (SSSR count). The molecule has 0 radical (unpaired) electrons. The Balaban J connectivity index is 2.33. The van der Waals surface area contributed by atoms with Crippen LogP contribution in [0.5, 0.6) is 0 Å². The van der Waals surface area contributed by atoms with Crippen molar-refractivity contribution in [3.63, 3.8) is 0 Å². The fraction of sp³-hybridized carbons (Fsp3) is 0.200. The Morgan fingerprint density at radius 1 is 0.917 bits per heavy atom. The summed E-state index contributed by atoms with van der Waals surface area (Å²) in [5.41, 5.74) is 1.38. The van der Waals surface area contributed by atoms with E-state index in [4.69, 9.17) is 0 Å². The maximum absolute atomic E-state index is 12.5. The Labute approximate surface area is 139 Å². The number of hydrogen-bond donors (Lipinski definition) is 1. The molecule has 0 spiro atoms. The van der Waals surface area contributed by atoms with E-state index in [0.29, 0.717) is 5.56 Å². The first-order valence-electron chi connectivity index (χ1n) is 6.76. The molecule has 0 aliphatic rings. The van der Waals surface area contributed by atoms with Gasteiger partial charge in [-0.05, 0) is 55.3 Å². The molecule has 2 aromatic carbocycles. The van der Waals surface area contributed by atoms with Crippen molar-refractivity contribution < 1.29 is 25.6 Å². The van der Waals surface area contributed by atoms with Gasteiger partial charge >= 0.3 is 5.76 Å². The summed E-state index contributed by atoms with van der Waals surface area (Å²) >= 11 is 0. The van der Waals surface area contributed by atoms with E-state index in [-0.39, 0.29) is 10.6 Å². The molecule has 1 N–H and O–H groups in total. The summed E-state index contributed by atoms with van der Waals surface area (Å²) in [6.07, 6.45) is 0. The second-order valence-electron chi connectivity index (χ2n) is 5.20. The van der Waals surface area contributed by atoms with Gasteiger partial charge in [-0.25, -0.2) is 16.8 Å². The van der Waals surface area contributed by atoms with E-state index in [1.165, 1.54) is 6.07 Å². The van der Waals surface area contributed by atoms with Gasteiger partial charge in [-0.3, -0.25) is 4.72 Å². The molecule has 0 aliphatic heterocycles. The number of sulfonamides is 1. The Kier molecular flexibility index (Phi) is 4.95. The monoisotopic (exact) mass is 375 g/mol. The first-order chi connectivity index (χ1) is 11.0. The molecule has 0 saturated carbocycles. The minimum Gasteiger partial charge on any atom is -0.280 e. The normalized spacial score (nSPS) is 12.4. The van der Waals surface area contributed by atoms with Crippen molar-refractivity contribution in [2.45, 2.75) is 29.4 Å². The molecule has 5 nitrogen and oxygen atoms in total. The first-order valence-corrected chi connectivity index (χ1v) is 9.79. The molecule has 130 valence electrons. The summed E-state index contributed by atoms with van der Waals surface area (Å²) in [7, 11) is -8.59. The first kappa shape index (κ1) is 18.3. The molecule has 0 saturated heterocycles. The SMILES string of the molecule is Cc1ccc(C)c(S(=O)(=O)Nc2ccc(S(=O)(=O)C(F)F)cc2)c1. The van der Waals surface area contributed by atoms with Gasteiger partial charge in [-0.2, -0.15) is 8.78 Å². The van der Waals surface area contributed by atoms with Crippen molar-refractivity contribution in [3.8, 4) is 0 Å². The zero-order valence-electron chi connectivity index (χ0n) is 12.8. The maximum Gasteiger partial charge on any atom is 0.341 e. The average Bonchev–Trinajstić information content (AvgIpc) is 2.49. The van der Waals surface area contributed by atoms with Crippen LogP contribution in [-0.4, -0.2) is 22.6 Å². The van der Waals surface area contributed by atoms with Crippen molar-refractivity contribution in [1.82, 2.24) is 0 Å². The van der Waals surface area contributed by atoms with Crippen molar-refractivity contribution in [1.29, 1.82) is 0 Å². The van der Waals surface area contributed by atoms with Gasteiger partial charge in [0.15, 0.2) is 0 Å². The average molecular weight is 375 g/mol. The molecule has 0 amide bonds. The van der Waals surface area contributed by atoms with Crippen LogP contribution >= 0.6 is 0 Å². The molecule has 0 heterocycles. The van der Waals surface area contributed by atoms with Crippen LogP contribution in [0.2, 0.25) is 0 Å². The molecule has 2 aromatic rings. The molecule has 0 bridgehead atoms. The van der Waals surface area contributed by atoms with Crippen LogP contribution in [0.1, 0.15) is 11.1 Å². The van der Waals surface area contributed by atoms with Gasteiger partial charge in [0.25, 0.3) is 10.0 Å². The van der Waals surface area contributed by atoms with E-state index in [0.717, 1.165) is 29.8 Å². The Morgan fingerprint density at radius 3 is 2.04 bits per heavy atom. The van der Waals surface area contributed by atoms with Crippen LogP contribution in [-0.2, 0) is 19.9 Å². The maximum atomic E-state index is 12.5. The lowest BCUT2D eigenvalue weighted by atomic mass is 10.2. The van der Waals surface area contributed by atoms with Gasteiger partial charge in [-0.1, -0.05) is 12.1 Å². The predicted molar refractivity (Wildman–Crippen MR) is 86.4 cm³/mol. The standard InChI is InChI=1S/C15H15F2NO4S2/c1-10-3-4-11(2)14(9-10)24(21,22)18-12-5-7-13(8-6-12)23(19,20)15(16)17/h3-9,15,18H,1-2H3. The molecule has 0 unspecified atom stereocenters. The van der Waals surface area contributed by atoms with E-state index in [1.807, 2.05) is 0 Å². The lowest BCUT2D eigenvalue weighted by molar-refractivity contribution is 0.234. The molecule has 0 fully saturated rings. The number of anilines is 1. The number of hydrogen-bond acceptors (Lipinski definition) is 4. The van der Waals surface area contributed by atoms with Gasteiger partial charge in [0.05, 0.1) is 9.79 Å². The number of benzene rings is 2. The topological polar surface area (TPSA) is 80.3 Å². The van der Waals surface area contributed by atoms with E-state index in [2.05, 4.69) is 4.72 Å². The second kappa shape index (κ2) is 6.48. The summed E-state index contributed by atoms with van der Waals surface area (Å²) in [6.45, 7) is 3.40. The zero-order chi connectivity index (χ0) is 18.1.